The number of aromatic carboxylic acids is 1. The highest BCUT2D eigenvalue weighted by atomic mass is 16.5. The zero-order valence-electron chi connectivity index (χ0n) is 18.9. The molecule has 9 heteroatoms. The van der Waals surface area contributed by atoms with Crippen molar-refractivity contribution in [3.8, 4) is 11.1 Å². The van der Waals surface area contributed by atoms with Gasteiger partial charge in [-0.15, -0.1) is 0 Å². The molecular formula is C26H25N3O6. The molecule has 2 atom stereocenters. The Hall–Kier alpha value is -4.14. The molecule has 3 aromatic rings. The lowest BCUT2D eigenvalue weighted by Crippen LogP contribution is -2.44. The number of aromatic nitrogens is 1. The van der Waals surface area contributed by atoms with Gasteiger partial charge in [0.05, 0.1) is 12.5 Å². The van der Waals surface area contributed by atoms with Gasteiger partial charge in [0.25, 0.3) is 0 Å². The van der Waals surface area contributed by atoms with Crippen molar-refractivity contribution in [1.82, 2.24) is 15.6 Å². The molecule has 3 N–H and O–H groups in total. The Balaban J connectivity index is 1.17. The Bertz CT molecular complexity index is 1220. The van der Waals surface area contributed by atoms with Crippen molar-refractivity contribution in [1.29, 1.82) is 0 Å². The van der Waals surface area contributed by atoms with Gasteiger partial charge in [0.2, 0.25) is 5.91 Å². The zero-order chi connectivity index (χ0) is 24.4. The monoisotopic (exact) mass is 475 g/mol. The van der Waals surface area contributed by atoms with Crippen molar-refractivity contribution >= 4 is 18.0 Å². The predicted octanol–water partition coefficient (Wildman–Crippen LogP) is 3.70. The normalized spacial score (nSPS) is 18.5. The largest absolute Gasteiger partial charge is 0.476 e. The van der Waals surface area contributed by atoms with Crippen LogP contribution in [0.25, 0.3) is 11.1 Å². The number of oxazole rings is 1. The molecule has 0 radical (unpaired) electrons. The molecule has 2 aromatic carbocycles. The Kier molecular flexibility index (Phi) is 6.22. The number of carbonyl (C=O) groups is 3. The Morgan fingerprint density at radius 2 is 1.71 bits per heavy atom. The number of carboxylic acid groups (broad SMARTS) is 1. The lowest BCUT2D eigenvalue weighted by atomic mass is 9.98. The molecule has 2 amide bonds. The molecule has 2 aliphatic carbocycles. The minimum Gasteiger partial charge on any atom is -0.476 e. The van der Waals surface area contributed by atoms with E-state index in [9.17, 15) is 14.4 Å². The van der Waals surface area contributed by atoms with Crippen LogP contribution in [-0.2, 0) is 16.1 Å². The maximum absolute atomic E-state index is 12.7. The number of carbonyl (C=O) groups excluding carboxylic acids is 2. The quantitative estimate of drug-likeness (QED) is 0.475. The van der Waals surface area contributed by atoms with Gasteiger partial charge in [0, 0.05) is 12.0 Å². The number of amides is 2. The minimum atomic E-state index is -1.22. The molecule has 5 rings (SSSR count). The standard InChI is InChI=1S/C26H25N3O6/c30-24(27-12-22-23(25(31)32)28-14-35-22)19-10-5-11-21(19)29-26(33)34-13-20-17-8-3-1-6-15(17)16-7-2-4-9-18(16)20/h1-4,6-9,14,19-21H,5,10-13H2,(H,27,30)(H,29,33)(H,31,32)/t19-,21+/m1/s1. The summed E-state index contributed by atoms with van der Waals surface area (Å²) >= 11 is 0. The highest BCUT2D eigenvalue weighted by Crippen LogP contribution is 2.44. The fraction of sp³-hybridized carbons (Fsp3) is 0.308. The highest BCUT2D eigenvalue weighted by Gasteiger charge is 2.35. The number of nitrogens with zero attached hydrogens (tertiary/aromatic N) is 1. The molecule has 1 heterocycles. The highest BCUT2D eigenvalue weighted by molar-refractivity contribution is 5.86. The second kappa shape index (κ2) is 9.61. The van der Waals surface area contributed by atoms with Gasteiger partial charge in [-0.1, -0.05) is 55.0 Å². The summed E-state index contributed by atoms with van der Waals surface area (Å²) in [6.45, 7) is 0.113. The van der Waals surface area contributed by atoms with Gasteiger partial charge in [0.1, 0.15) is 6.61 Å². The van der Waals surface area contributed by atoms with Crippen molar-refractivity contribution in [2.24, 2.45) is 5.92 Å². The topological polar surface area (TPSA) is 131 Å². The molecule has 0 saturated heterocycles. The maximum atomic E-state index is 12.7. The van der Waals surface area contributed by atoms with E-state index >= 15 is 0 Å². The van der Waals surface area contributed by atoms with Crippen molar-refractivity contribution in [3.05, 3.63) is 77.5 Å². The average molecular weight is 476 g/mol. The smallest absolute Gasteiger partial charge is 0.407 e. The third-order valence-electron chi connectivity index (χ3n) is 6.77. The summed E-state index contributed by atoms with van der Waals surface area (Å²) in [7, 11) is 0. The summed E-state index contributed by atoms with van der Waals surface area (Å²) in [5, 5.41) is 14.7. The summed E-state index contributed by atoms with van der Waals surface area (Å²) < 4.78 is 10.7. The van der Waals surface area contributed by atoms with Crippen molar-refractivity contribution in [2.45, 2.75) is 37.8 Å². The molecule has 1 saturated carbocycles. The summed E-state index contributed by atoms with van der Waals surface area (Å²) in [5.41, 5.74) is 4.34. The van der Waals surface area contributed by atoms with Gasteiger partial charge in [-0.25, -0.2) is 14.6 Å². The second-order valence-electron chi connectivity index (χ2n) is 8.76. The van der Waals surface area contributed by atoms with Crippen LogP contribution in [0.2, 0.25) is 0 Å². The van der Waals surface area contributed by atoms with Crippen molar-refractivity contribution < 1.29 is 28.6 Å². The number of fused-ring (bicyclic) bond motifs is 3. The molecule has 0 aliphatic heterocycles. The molecule has 9 nitrogen and oxygen atoms in total. The third kappa shape index (κ3) is 4.49. The van der Waals surface area contributed by atoms with Crippen LogP contribution in [0.3, 0.4) is 0 Å². The van der Waals surface area contributed by atoms with Crippen LogP contribution in [0.5, 0.6) is 0 Å². The van der Waals surface area contributed by atoms with Gasteiger partial charge in [-0.3, -0.25) is 4.79 Å². The first kappa shape index (κ1) is 22.6. The molecule has 2 aliphatic rings. The van der Waals surface area contributed by atoms with Crippen molar-refractivity contribution in [2.75, 3.05) is 6.61 Å². The van der Waals surface area contributed by atoms with Gasteiger partial charge in [0.15, 0.2) is 17.8 Å². The summed E-state index contributed by atoms with van der Waals surface area (Å²) in [4.78, 5) is 40.2. The van der Waals surface area contributed by atoms with E-state index in [2.05, 4.69) is 39.9 Å². The van der Waals surface area contributed by atoms with Crippen LogP contribution in [0.1, 0.15) is 52.6 Å². The number of rotatable bonds is 7. The Morgan fingerprint density at radius 1 is 1.03 bits per heavy atom. The summed E-state index contributed by atoms with van der Waals surface area (Å²) in [5.74, 6) is -1.91. The molecule has 1 fully saturated rings. The number of ether oxygens (including phenoxy) is 1. The molecule has 35 heavy (non-hydrogen) atoms. The van der Waals surface area contributed by atoms with Crippen LogP contribution in [0, 0.1) is 5.92 Å². The van der Waals surface area contributed by atoms with Crippen molar-refractivity contribution in [3.63, 3.8) is 0 Å². The molecule has 0 bridgehead atoms. The lowest BCUT2D eigenvalue weighted by molar-refractivity contribution is -0.125. The van der Waals surface area contributed by atoms with E-state index in [1.54, 1.807) is 0 Å². The van der Waals surface area contributed by atoms with Gasteiger partial charge in [-0.05, 0) is 35.1 Å². The lowest BCUT2D eigenvalue weighted by Gasteiger charge is -2.21. The number of benzene rings is 2. The van der Waals surface area contributed by atoms with Gasteiger partial charge >= 0.3 is 12.1 Å². The van der Waals surface area contributed by atoms with Crippen LogP contribution < -0.4 is 10.6 Å². The van der Waals surface area contributed by atoms with E-state index in [-0.39, 0.29) is 42.5 Å². The third-order valence-corrected chi connectivity index (χ3v) is 6.77. The first-order valence-corrected chi connectivity index (χ1v) is 11.6. The van der Waals surface area contributed by atoms with Crippen LogP contribution in [0.4, 0.5) is 4.79 Å². The maximum Gasteiger partial charge on any atom is 0.407 e. The fourth-order valence-corrected chi connectivity index (χ4v) is 5.11. The van der Waals surface area contributed by atoms with E-state index in [1.165, 1.54) is 0 Å². The Morgan fingerprint density at radius 3 is 2.40 bits per heavy atom. The molecule has 0 unspecified atom stereocenters. The second-order valence-corrected chi connectivity index (χ2v) is 8.76. The van der Waals surface area contributed by atoms with Gasteiger partial charge < -0.3 is 24.9 Å². The van der Waals surface area contributed by atoms with E-state index in [1.807, 2.05) is 24.3 Å². The van der Waals surface area contributed by atoms with Gasteiger partial charge in [-0.2, -0.15) is 0 Å². The first-order chi connectivity index (χ1) is 17.0. The van der Waals surface area contributed by atoms with Crippen LogP contribution in [0.15, 0.2) is 59.3 Å². The van der Waals surface area contributed by atoms with E-state index < -0.39 is 18.0 Å². The predicted molar refractivity (Wildman–Crippen MR) is 125 cm³/mol. The summed E-state index contributed by atoms with van der Waals surface area (Å²) in [6, 6.07) is 15.9. The summed E-state index contributed by atoms with van der Waals surface area (Å²) in [6.07, 6.45) is 2.53. The van der Waals surface area contributed by atoms with Crippen LogP contribution >= 0.6 is 0 Å². The zero-order valence-corrected chi connectivity index (χ0v) is 18.9. The average Bonchev–Trinajstić information content (AvgIpc) is 3.59. The molecule has 0 spiro atoms. The number of hydrogen-bond donors (Lipinski definition) is 3. The van der Waals surface area contributed by atoms with E-state index in [4.69, 9.17) is 14.3 Å². The molecule has 1 aromatic heterocycles. The van der Waals surface area contributed by atoms with E-state index in [0.29, 0.717) is 12.8 Å². The number of nitrogens with one attached hydrogen (secondary N) is 2. The number of alkyl carbamates (subject to hydrolysis) is 1. The molecule has 180 valence electrons. The minimum absolute atomic E-state index is 0.0406. The number of hydrogen-bond acceptors (Lipinski definition) is 6. The van der Waals surface area contributed by atoms with Crippen LogP contribution in [-0.4, -0.2) is 40.7 Å². The SMILES string of the molecule is O=C(N[C@H]1CCC[C@H]1C(=O)NCc1ocnc1C(=O)O)OCC1c2ccccc2-c2ccccc21. The first-order valence-electron chi connectivity index (χ1n) is 11.6. The Labute approximate surface area is 201 Å². The molecular weight excluding hydrogens is 450 g/mol. The van der Waals surface area contributed by atoms with E-state index in [0.717, 1.165) is 35.1 Å². The number of carboxylic acids is 1. The fourth-order valence-electron chi connectivity index (χ4n) is 5.11.